The summed E-state index contributed by atoms with van der Waals surface area (Å²) >= 11 is 0. The van der Waals surface area contributed by atoms with E-state index in [-0.39, 0.29) is 11.8 Å². The molecule has 2 heteroatoms. The van der Waals surface area contributed by atoms with E-state index in [2.05, 4.69) is 38.2 Å². The van der Waals surface area contributed by atoms with Crippen molar-refractivity contribution in [2.24, 2.45) is 11.8 Å². The van der Waals surface area contributed by atoms with Crippen molar-refractivity contribution in [3.63, 3.8) is 0 Å². The van der Waals surface area contributed by atoms with Crippen LogP contribution < -0.4 is 0 Å². The first-order valence-electron chi connectivity index (χ1n) is 18.6. The summed E-state index contributed by atoms with van der Waals surface area (Å²) in [6.45, 7) is 4.55. The minimum atomic E-state index is 0.0717. The van der Waals surface area contributed by atoms with Gasteiger partial charge in [-0.25, -0.2) is 0 Å². The van der Waals surface area contributed by atoms with Gasteiger partial charge in [0.05, 0.1) is 0 Å². The van der Waals surface area contributed by atoms with Gasteiger partial charge in [-0.1, -0.05) is 141 Å². The van der Waals surface area contributed by atoms with E-state index in [1.165, 1.54) is 141 Å². The fourth-order valence-corrected chi connectivity index (χ4v) is 6.02. The molecule has 41 heavy (non-hydrogen) atoms. The summed E-state index contributed by atoms with van der Waals surface area (Å²) in [6.07, 6.45) is 45.1. The summed E-state index contributed by atoms with van der Waals surface area (Å²) in [5.74, 6) is 0.876. The number of ketones is 2. The van der Waals surface area contributed by atoms with Gasteiger partial charge in [-0.15, -0.1) is 0 Å². The molecule has 0 aliphatic heterocycles. The highest BCUT2D eigenvalue weighted by Crippen LogP contribution is 2.42. The van der Waals surface area contributed by atoms with Gasteiger partial charge in [-0.05, 0) is 70.6 Å². The Kier molecular flexibility index (Phi) is 26.7. The smallest absolute Gasteiger partial charge is 0.136 e. The summed E-state index contributed by atoms with van der Waals surface area (Å²) in [5.41, 5.74) is 0. The van der Waals surface area contributed by atoms with E-state index in [1.807, 2.05) is 0 Å². The van der Waals surface area contributed by atoms with Crippen LogP contribution in [-0.4, -0.2) is 11.6 Å². The molecule has 1 rings (SSSR count). The standard InChI is InChI=1S/C39H70O2/c1-3-5-7-9-11-13-15-17-19-21-23-25-27-29-31-33-38(40)36-35-37(36)39(41)34-32-30-28-26-24-22-20-18-16-14-12-10-8-6-4-2/h17-20,36-37H,3-16,21-35H2,1-2H3/b19-17-,20-18-. The zero-order valence-corrected chi connectivity index (χ0v) is 27.8. The topological polar surface area (TPSA) is 34.1 Å². The second-order valence-electron chi connectivity index (χ2n) is 13.0. The third kappa shape index (κ3) is 24.0. The van der Waals surface area contributed by atoms with Crippen molar-refractivity contribution in [1.29, 1.82) is 0 Å². The van der Waals surface area contributed by atoms with Crippen LogP contribution in [0.25, 0.3) is 0 Å². The summed E-state index contributed by atoms with van der Waals surface area (Å²) in [7, 11) is 0. The molecule has 2 unspecified atom stereocenters. The van der Waals surface area contributed by atoms with Crippen LogP contribution in [0.1, 0.15) is 200 Å². The number of hydrogen-bond donors (Lipinski definition) is 0. The SMILES string of the molecule is CCCCCCCC/C=C\CCCCCCCC(=O)C1CC1C(=O)CCCCCCC/C=C\CCCCCCCC. The number of carbonyl (C=O) groups excluding carboxylic acids is 2. The number of carbonyl (C=O) groups is 2. The maximum atomic E-state index is 12.5. The Labute approximate surface area is 257 Å². The van der Waals surface area contributed by atoms with E-state index in [4.69, 9.17) is 0 Å². The molecule has 0 saturated heterocycles. The quantitative estimate of drug-likeness (QED) is 0.0595. The first-order valence-corrected chi connectivity index (χ1v) is 18.6. The lowest BCUT2D eigenvalue weighted by molar-refractivity contribution is -0.125. The van der Waals surface area contributed by atoms with Gasteiger partial charge in [0, 0.05) is 24.7 Å². The molecule has 0 aromatic heterocycles. The predicted molar refractivity (Wildman–Crippen MR) is 181 cm³/mol. The molecule has 0 radical (unpaired) electrons. The summed E-state index contributed by atoms with van der Waals surface area (Å²) in [6, 6.07) is 0. The monoisotopic (exact) mass is 571 g/mol. The Morgan fingerprint density at radius 1 is 0.415 bits per heavy atom. The highest BCUT2D eigenvalue weighted by molar-refractivity contribution is 5.94. The summed E-state index contributed by atoms with van der Waals surface area (Å²) in [4.78, 5) is 25.0. The number of hydrogen-bond acceptors (Lipinski definition) is 2. The van der Waals surface area contributed by atoms with Crippen LogP contribution in [0.2, 0.25) is 0 Å². The van der Waals surface area contributed by atoms with Gasteiger partial charge >= 0.3 is 0 Å². The molecule has 0 aromatic rings. The highest BCUT2D eigenvalue weighted by Gasteiger charge is 2.46. The number of Topliss-reactive ketones (excluding diaryl/α,β-unsaturated/α-hetero) is 2. The molecule has 1 aliphatic rings. The van der Waals surface area contributed by atoms with Crippen LogP contribution in [0, 0.1) is 11.8 Å². The number of allylic oxidation sites excluding steroid dienone is 4. The van der Waals surface area contributed by atoms with Gasteiger partial charge in [-0.3, -0.25) is 9.59 Å². The molecule has 0 bridgehead atoms. The van der Waals surface area contributed by atoms with Crippen LogP contribution in [-0.2, 0) is 9.59 Å². The van der Waals surface area contributed by atoms with Crippen molar-refractivity contribution in [3.8, 4) is 0 Å². The first kappa shape index (κ1) is 37.8. The van der Waals surface area contributed by atoms with Crippen molar-refractivity contribution in [2.45, 2.75) is 200 Å². The van der Waals surface area contributed by atoms with E-state index < -0.39 is 0 Å². The lowest BCUT2D eigenvalue weighted by atomic mass is 10.0. The van der Waals surface area contributed by atoms with E-state index in [0.29, 0.717) is 24.4 Å². The van der Waals surface area contributed by atoms with Crippen molar-refractivity contribution < 1.29 is 9.59 Å². The Morgan fingerprint density at radius 3 is 1.00 bits per heavy atom. The minimum absolute atomic E-state index is 0.0717. The Hall–Kier alpha value is -1.18. The predicted octanol–water partition coefficient (Wildman–Crippen LogP) is 12.8. The van der Waals surface area contributed by atoms with Crippen LogP contribution in [0.15, 0.2) is 24.3 Å². The minimum Gasteiger partial charge on any atom is -0.299 e. The van der Waals surface area contributed by atoms with Crippen molar-refractivity contribution in [2.75, 3.05) is 0 Å². The lowest BCUT2D eigenvalue weighted by Gasteiger charge is -2.03. The van der Waals surface area contributed by atoms with Crippen LogP contribution in [0.5, 0.6) is 0 Å². The zero-order chi connectivity index (χ0) is 29.6. The Morgan fingerprint density at radius 2 is 0.683 bits per heavy atom. The molecular weight excluding hydrogens is 500 g/mol. The zero-order valence-electron chi connectivity index (χ0n) is 27.8. The maximum absolute atomic E-state index is 12.5. The molecule has 0 amide bonds. The Bertz CT molecular complexity index is 604. The van der Waals surface area contributed by atoms with Crippen molar-refractivity contribution >= 4 is 11.6 Å². The Balaban J connectivity index is 1.85. The lowest BCUT2D eigenvalue weighted by Crippen LogP contribution is -2.08. The van der Waals surface area contributed by atoms with Gasteiger partial charge < -0.3 is 0 Å². The van der Waals surface area contributed by atoms with Gasteiger partial charge in [0.15, 0.2) is 0 Å². The van der Waals surface area contributed by atoms with Crippen LogP contribution in [0.3, 0.4) is 0 Å². The van der Waals surface area contributed by atoms with E-state index in [1.54, 1.807) is 0 Å². The van der Waals surface area contributed by atoms with Crippen molar-refractivity contribution in [1.82, 2.24) is 0 Å². The number of unbranched alkanes of at least 4 members (excludes halogenated alkanes) is 22. The second kappa shape index (κ2) is 28.9. The highest BCUT2D eigenvalue weighted by atomic mass is 16.1. The molecule has 0 N–H and O–H groups in total. The maximum Gasteiger partial charge on any atom is 0.136 e. The molecule has 0 heterocycles. The third-order valence-electron chi connectivity index (χ3n) is 8.99. The number of rotatable bonds is 32. The normalized spacial score (nSPS) is 16.7. The van der Waals surface area contributed by atoms with E-state index >= 15 is 0 Å². The molecule has 1 saturated carbocycles. The molecule has 0 spiro atoms. The fraction of sp³-hybridized carbons (Fsp3) is 0.846. The molecule has 0 aromatic carbocycles. The summed E-state index contributed by atoms with van der Waals surface area (Å²) in [5, 5.41) is 0. The second-order valence-corrected chi connectivity index (χ2v) is 13.0. The van der Waals surface area contributed by atoms with Gasteiger partial charge in [-0.2, -0.15) is 0 Å². The molecule has 238 valence electrons. The molecule has 1 fully saturated rings. The van der Waals surface area contributed by atoms with Gasteiger partial charge in [0.1, 0.15) is 11.6 Å². The van der Waals surface area contributed by atoms with Gasteiger partial charge in [0.25, 0.3) is 0 Å². The summed E-state index contributed by atoms with van der Waals surface area (Å²) < 4.78 is 0. The van der Waals surface area contributed by atoms with Crippen molar-refractivity contribution in [3.05, 3.63) is 24.3 Å². The molecule has 2 atom stereocenters. The van der Waals surface area contributed by atoms with E-state index in [9.17, 15) is 9.59 Å². The van der Waals surface area contributed by atoms with Crippen LogP contribution >= 0.6 is 0 Å². The fourth-order valence-electron chi connectivity index (χ4n) is 6.02. The molecular formula is C39H70O2. The first-order chi connectivity index (χ1) is 20.2. The molecule has 1 aliphatic carbocycles. The van der Waals surface area contributed by atoms with E-state index in [0.717, 1.165) is 32.1 Å². The van der Waals surface area contributed by atoms with Gasteiger partial charge in [0.2, 0.25) is 0 Å². The largest absolute Gasteiger partial charge is 0.299 e. The third-order valence-corrected chi connectivity index (χ3v) is 8.99. The average molecular weight is 571 g/mol. The molecule has 2 nitrogen and oxygen atoms in total. The van der Waals surface area contributed by atoms with Crippen LogP contribution in [0.4, 0.5) is 0 Å². The average Bonchev–Trinajstić information content (AvgIpc) is 3.78.